The van der Waals surface area contributed by atoms with E-state index in [2.05, 4.69) is 10.6 Å². The Balaban J connectivity index is 1.90. The summed E-state index contributed by atoms with van der Waals surface area (Å²) in [6.07, 6.45) is 4.34. The highest BCUT2D eigenvalue weighted by Gasteiger charge is 2.17. The Kier molecular flexibility index (Phi) is 3.84. The number of anilines is 1. The van der Waals surface area contributed by atoms with Gasteiger partial charge in [0.05, 0.1) is 5.02 Å². The summed E-state index contributed by atoms with van der Waals surface area (Å²) in [4.78, 5) is 11.6. The lowest BCUT2D eigenvalue weighted by Crippen LogP contribution is -2.36. The zero-order valence-electron chi connectivity index (χ0n) is 9.30. The number of carbonyl (C=O) groups is 1. The summed E-state index contributed by atoms with van der Waals surface area (Å²) in [6, 6.07) is 4.14. The van der Waals surface area contributed by atoms with Crippen molar-refractivity contribution in [3.8, 4) is 0 Å². The van der Waals surface area contributed by atoms with Crippen LogP contribution >= 0.6 is 11.6 Å². The van der Waals surface area contributed by atoms with Gasteiger partial charge in [0.15, 0.2) is 0 Å². The molecule has 1 fully saturated rings. The van der Waals surface area contributed by atoms with E-state index in [0.717, 1.165) is 25.7 Å². The smallest absolute Gasteiger partial charge is 0.319 e. The molecule has 0 bridgehead atoms. The molecule has 0 heterocycles. The van der Waals surface area contributed by atoms with Crippen LogP contribution in [0.15, 0.2) is 18.2 Å². The molecule has 0 aromatic heterocycles. The highest BCUT2D eigenvalue weighted by Crippen LogP contribution is 2.20. The van der Waals surface area contributed by atoms with Gasteiger partial charge in [0.1, 0.15) is 5.82 Å². The van der Waals surface area contributed by atoms with Crippen molar-refractivity contribution < 1.29 is 9.18 Å². The van der Waals surface area contributed by atoms with Gasteiger partial charge in [-0.2, -0.15) is 0 Å². The molecule has 1 aromatic rings. The first kappa shape index (κ1) is 12.2. The predicted octanol–water partition coefficient (Wildman–Crippen LogP) is 3.54. The zero-order chi connectivity index (χ0) is 12.3. The Labute approximate surface area is 104 Å². The fourth-order valence-electron chi connectivity index (χ4n) is 2.00. The SMILES string of the molecule is O=C(Nc1ccc(Cl)c(F)c1)NC1CCCC1. The normalized spacial score (nSPS) is 15.9. The molecule has 0 radical (unpaired) electrons. The monoisotopic (exact) mass is 256 g/mol. The molecule has 0 spiro atoms. The molecule has 3 nitrogen and oxygen atoms in total. The van der Waals surface area contributed by atoms with E-state index in [4.69, 9.17) is 11.6 Å². The summed E-state index contributed by atoms with van der Waals surface area (Å²) >= 11 is 5.55. The first-order valence-corrected chi connectivity index (χ1v) is 6.05. The second-order valence-electron chi connectivity index (χ2n) is 4.21. The lowest BCUT2D eigenvalue weighted by Gasteiger charge is -2.13. The fourth-order valence-corrected chi connectivity index (χ4v) is 2.11. The number of urea groups is 1. The minimum atomic E-state index is -0.537. The summed E-state index contributed by atoms with van der Waals surface area (Å²) in [5.74, 6) is -0.537. The Hall–Kier alpha value is -1.29. The number of rotatable bonds is 2. The number of hydrogen-bond donors (Lipinski definition) is 2. The first-order chi connectivity index (χ1) is 8.15. The number of amides is 2. The Bertz CT molecular complexity index is 419. The molecule has 2 rings (SSSR count). The number of carbonyl (C=O) groups excluding carboxylic acids is 1. The number of nitrogens with one attached hydrogen (secondary N) is 2. The molecule has 1 aliphatic carbocycles. The Morgan fingerprint density at radius 3 is 2.71 bits per heavy atom. The fraction of sp³-hybridized carbons (Fsp3) is 0.417. The van der Waals surface area contributed by atoms with E-state index in [0.29, 0.717) is 5.69 Å². The predicted molar refractivity (Wildman–Crippen MR) is 65.8 cm³/mol. The van der Waals surface area contributed by atoms with E-state index in [1.165, 1.54) is 12.1 Å². The van der Waals surface area contributed by atoms with E-state index < -0.39 is 5.82 Å². The van der Waals surface area contributed by atoms with Crippen LogP contribution in [0.2, 0.25) is 5.02 Å². The third-order valence-electron chi connectivity index (χ3n) is 2.87. The van der Waals surface area contributed by atoms with Crippen LogP contribution in [-0.2, 0) is 0 Å². The number of hydrogen-bond acceptors (Lipinski definition) is 1. The average Bonchev–Trinajstić information content (AvgIpc) is 2.76. The molecule has 1 aromatic carbocycles. The van der Waals surface area contributed by atoms with Crippen molar-refractivity contribution in [3.63, 3.8) is 0 Å². The van der Waals surface area contributed by atoms with Gasteiger partial charge in [0, 0.05) is 11.7 Å². The molecule has 1 aliphatic rings. The molecule has 0 atom stereocenters. The molecule has 0 unspecified atom stereocenters. The summed E-state index contributed by atoms with van der Waals surface area (Å²) in [7, 11) is 0. The molecule has 2 amide bonds. The third-order valence-corrected chi connectivity index (χ3v) is 3.17. The average molecular weight is 257 g/mol. The van der Waals surface area contributed by atoms with Crippen molar-refractivity contribution in [3.05, 3.63) is 29.0 Å². The van der Waals surface area contributed by atoms with E-state index in [-0.39, 0.29) is 17.1 Å². The van der Waals surface area contributed by atoms with E-state index in [9.17, 15) is 9.18 Å². The van der Waals surface area contributed by atoms with Crippen LogP contribution in [0, 0.1) is 5.82 Å². The largest absolute Gasteiger partial charge is 0.335 e. The maximum atomic E-state index is 13.1. The van der Waals surface area contributed by atoms with Crippen molar-refractivity contribution in [2.24, 2.45) is 0 Å². The Morgan fingerprint density at radius 2 is 2.06 bits per heavy atom. The lowest BCUT2D eigenvalue weighted by atomic mass is 10.2. The second kappa shape index (κ2) is 5.36. The maximum absolute atomic E-state index is 13.1. The van der Waals surface area contributed by atoms with Gasteiger partial charge in [0.2, 0.25) is 0 Å². The quantitative estimate of drug-likeness (QED) is 0.835. The zero-order valence-corrected chi connectivity index (χ0v) is 10.1. The molecular weight excluding hydrogens is 243 g/mol. The topological polar surface area (TPSA) is 41.1 Å². The molecule has 0 saturated heterocycles. The Morgan fingerprint density at radius 1 is 1.35 bits per heavy atom. The first-order valence-electron chi connectivity index (χ1n) is 5.68. The van der Waals surface area contributed by atoms with Crippen molar-refractivity contribution in [2.45, 2.75) is 31.7 Å². The minimum Gasteiger partial charge on any atom is -0.335 e. The summed E-state index contributed by atoms with van der Waals surface area (Å²) in [6.45, 7) is 0. The van der Waals surface area contributed by atoms with Gasteiger partial charge in [0.25, 0.3) is 0 Å². The summed E-state index contributed by atoms with van der Waals surface area (Å²) in [5.41, 5.74) is 0.405. The van der Waals surface area contributed by atoms with Gasteiger partial charge < -0.3 is 10.6 Å². The van der Waals surface area contributed by atoms with E-state index in [1.54, 1.807) is 6.07 Å². The van der Waals surface area contributed by atoms with Crippen LogP contribution in [0.3, 0.4) is 0 Å². The molecule has 2 N–H and O–H groups in total. The van der Waals surface area contributed by atoms with Crippen LogP contribution in [0.5, 0.6) is 0 Å². The van der Waals surface area contributed by atoms with Crippen LogP contribution in [0.4, 0.5) is 14.9 Å². The summed E-state index contributed by atoms with van der Waals surface area (Å²) in [5, 5.41) is 5.49. The molecule has 17 heavy (non-hydrogen) atoms. The van der Waals surface area contributed by atoms with E-state index in [1.807, 2.05) is 0 Å². The maximum Gasteiger partial charge on any atom is 0.319 e. The standard InChI is InChI=1S/C12H14ClFN2O/c13-10-6-5-9(7-11(10)14)16-12(17)15-8-3-1-2-4-8/h5-8H,1-4H2,(H2,15,16,17). The third kappa shape index (κ3) is 3.33. The van der Waals surface area contributed by atoms with E-state index >= 15 is 0 Å². The summed E-state index contributed by atoms with van der Waals surface area (Å²) < 4.78 is 13.1. The van der Waals surface area contributed by atoms with Gasteiger partial charge in [-0.25, -0.2) is 9.18 Å². The molecule has 0 aliphatic heterocycles. The van der Waals surface area contributed by atoms with Gasteiger partial charge in [-0.1, -0.05) is 24.4 Å². The highest BCUT2D eigenvalue weighted by molar-refractivity contribution is 6.30. The van der Waals surface area contributed by atoms with Gasteiger partial charge >= 0.3 is 6.03 Å². The van der Waals surface area contributed by atoms with Crippen LogP contribution < -0.4 is 10.6 Å². The minimum absolute atomic E-state index is 0.0479. The molecule has 1 saturated carbocycles. The molecule has 92 valence electrons. The second-order valence-corrected chi connectivity index (χ2v) is 4.62. The van der Waals surface area contributed by atoms with Crippen molar-refractivity contribution >= 4 is 23.3 Å². The number of halogens is 2. The van der Waals surface area contributed by atoms with Crippen LogP contribution in [0.1, 0.15) is 25.7 Å². The van der Waals surface area contributed by atoms with Crippen molar-refractivity contribution in [2.75, 3.05) is 5.32 Å². The van der Waals surface area contributed by atoms with Crippen LogP contribution in [0.25, 0.3) is 0 Å². The van der Waals surface area contributed by atoms with Crippen molar-refractivity contribution in [1.82, 2.24) is 5.32 Å². The number of benzene rings is 1. The van der Waals surface area contributed by atoms with Gasteiger partial charge in [-0.3, -0.25) is 0 Å². The van der Waals surface area contributed by atoms with Gasteiger partial charge in [-0.05, 0) is 31.0 Å². The molecule has 5 heteroatoms. The van der Waals surface area contributed by atoms with Crippen LogP contribution in [-0.4, -0.2) is 12.1 Å². The lowest BCUT2D eigenvalue weighted by molar-refractivity contribution is 0.248. The van der Waals surface area contributed by atoms with Gasteiger partial charge in [-0.15, -0.1) is 0 Å². The van der Waals surface area contributed by atoms with Crippen molar-refractivity contribution in [1.29, 1.82) is 0 Å². The highest BCUT2D eigenvalue weighted by atomic mass is 35.5. The molecular formula is C12H14ClFN2O.